The lowest BCUT2D eigenvalue weighted by molar-refractivity contribution is 0.143. The summed E-state index contributed by atoms with van der Waals surface area (Å²) in [4.78, 5) is 0. The second-order valence-corrected chi connectivity index (χ2v) is 5.14. The fourth-order valence-corrected chi connectivity index (χ4v) is 2.01. The van der Waals surface area contributed by atoms with Gasteiger partial charge in [-0.05, 0) is 35.0 Å². The van der Waals surface area contributed by atoms with E-state index in [-0.39, 0.29) is 6.04 Å². The molecule has 0 saturated carbocycles. The van der Waals surface area contributed by atoms with Crippen LogP contribution in [0.1, 0.15) is 18.8 Å². The molecular weight excluding hydrogens is 298 g/mol. The highest BCUT2D eigenvalue weighted by atomic mass is 79.9. The average Bonchev–Trinajstić information content (AvgIpc) is 2.97. The first-order valence-corrected chi connectivity index (χ1v) is 6.57. The Balaban J connectivity index is 1.76. The van der Waals surface area contributed by atoms with Crippen LogP contribution < -0.4 is 5.32 Å². The van der Waals surface area contributed by atoms with Gasteiger partial charge in [-0.3, -0.25) is 4.68 Å². The monoisotopic (exact) mass is 313 g/mol. The molecule has 0 spiro atoms. The Bertz CT molecular complexity index is 469. The summed E-state index contributed by atoms with van der Waals surface area (Å²) in [6.07, 6.45) is 4.61. The molecule has 2 atom stereocenters. The van der Waals surface area contributed by atoms with Gasteiger partial charge in [-0.1, -0.05) is 0 Å². The molecule has 0 aliphatic carbocycles. The number of nitrogens with zero attached hydrogens (tertiary/aromatic N) is 2. The summed E-state index contributed by atoms with van der Waals surface area (Å²) in [6, 6.07) is 3.74. The van der Waals surface area contributed by atoms with Crippen LogP contribution in [0.4, 0.5) is 0 Å². The zero-order valence-electron chi connectivity index (χ0n) is 10.1. The molecule has 2 rings (SSSR count). The summed E-state index contributed by atoms with van der Waals surface area (Å²) in [5.41, 5.74) is 0. The van der Waals surface area contributed by atoms with Gasteiger partial charge in [0.1, 0.15) is 11.9 Å². The van der Waals surface area contributed by atoms with Crippen LogP contribution in [0, 0.1) is 0 Å². The van der Waals surface area contributed by atoms with Gasteiger partial charge in [0, 0.05) is 18.8 Å². The maximum Gasteiger partial charge on any atom is 0.133 e. The van der Waals surface area contributed by atoms with Crippen LogP contribution in [0.2, 0.25) is 0 Å². The maximum atomic E-state index is 9.84. The van der Waals surface area contributed by atoms with Crippen LogP contribution in [0.5, 0.6) is 0 Å². The Morgan fingerprint density at radius 1 is 1.61 bits per heavy atom. The van der Waals surface area contributed by atoms with Crippen LogP contribution in [0.15, 0.2) is 39.7 Å². The third-order valence-corrected chi connectivity index (χ3v) is 3.00. The topological polar surface area (TPSA) is 63.2 Å². The normalized spacial score (nSPS) is 14.6. The maximum absolute atomic E-state index is 9.84. The van der Waals surface area contributed by atoms with Gasteiger partial charge in [0.05, 0.1) is 23.5 Å². The van der Waals surface area contributed by atoms with Crippen molar-refractivity contribution in [2.24, 2.45) is 0 Å². The first-order valence-electron chi connectivity index (χ1n) is 5.78. The van der Waals surface area contributed by atoms with Gasteiger partial charge in [0.2, 0.25) is 0 Å². The zero-order valence-corrected chi connectivity index (χ0v) is 11.7. The second-order valence-electron chi connectivity index (χ2n) is 4.22. The molecule has 0 radical (unpaired) electrons. The van der Waals surface area contributed by atoms with E-state index in [0.717, 1.165) is 11.0 Å². The van der Waals surface area contributed by atoms with Gasteiger partial charge in [-0.25, -0.2) is 0 Å². The summed E-state index contributed by atoms with van der Waals surface area (Å²) in [7, 11) is 0. The fourth-order valence-electron chi connectivity index (χ4n) is 1.68. The molecule has 0 fully saturated rings. The SMILES string of the molecule is CC(Cn1cc(Br)cn1)NCC(O)c1ccco1. The summed E-state index contributed by atoms with van der Waals surface area (Å²) in [5.74, 6) is 0.580. The predicted molar refractivity (Wildman–Crippen MR) is 71.1 cm³/mol. The molecule has 2 aromatic rings. The molecule has 0 aliphatic heterocycles. The molecule has 0 bridgehead atoms. The van der Waals surface area contributed by atoms with Gasteiger partial charge in [-0.15, -0.1) is 0 Å². The summed E-state index contributed by atoms with van der Waals surface area (Å²) in [6.45, 7) is 3.25. The van der Waals surface area contributed by atoms with Gasteiger partial charge < -0.3 is 14.8 Å². The highest BCUT2D eigenvalue weighted by molar-refractivity contribution is 9.10. The Kier molecular flexibility index (Phi) is 4.57. The summed E-state index contributed by atoms with van der Waals surface area (Å²) >= 11 is 3.35. The van der Waals surface area contributed by atoms with Gasteiger partial charge in [0.25, 0.3) is 0 Å². The van der Waals surface area contributed by atoms with Gasteiger partial charge >= 0.3 is 0 Å². The molecule has 2 N–H and O–H groups in total. The number of aliphatic hydroxyl groups excluding tert-OH is 1. The van der Waals surface area contributed by atoms with Crippen molar-refractivity contribution < 1.29 is 9.52 Å². The quantitative estimate of drug-likeness (QED) is 0.855. The molecule has 6 heteroatoms. The minimum absolute atomic E-state index is 0.210. The first-order chi connectivity index (χ1) is 8.65. The van der Waals surface area contributed by atoms with Crippen molar-refractivity contribution in [3.05, 3.63) is 41.0 Å². The van der Waals surface area contributed by atoms with Crippen molar-refractivity contribution in [3.8, 4) is 0 Å². The molecule has 18 heavy (non-hydrogen) atoms. The molecule has 2 heterocycles. The van der Waals surface area contributed by atoms with Crippen molar-refractivity contribution in [2.75, 3.05) is 6.54 Å². The van der Waals surface area contributed by atoms with E-state index in [4.69, 9.17) is 4.42 Å². The van der Waals surface area contributed by atoms with Crippen LogP contribution in [0.3, 0.4) is 0 Å². The van der Waals surface area contributed by atoms with Crippen molar-refractivity contribution in [3.63, 3.8) is 0 Å². The van der Waals surface area contributed by atoms with Crippen molar-refractivity contribution in [1.29, 1.82) is 0 Å². The third-order valence-electron chi connectivity index (χ3n) is 2.59. The van der Waals surface area contributed by atoms with Crippen molar-refractivity contribution in [2.45, 2.75) is 25.6 Å². The lowest BCUT2D eigenvalue weighted by atomic mass is 10.2. The number of hydrogen-bond donors (Lipinski definition) is 2. The Hall–Kier alpha value is -1.11. The van der Waals surface area contributed by atoms with E-state index in [1.165, 1.54) is 0 Å². The minimum atomic E-state index is -0.619. The van der Waals surface area contributed by atoms with Crippen molar-refractivity contribution >= 4 is 15.9 Å². The number of nitrogens with one attached hydrogen (secondary N) is 1. The molecule has 2 aromatic heterocycles. The molecule has 2 unspecified atom stereocenters. The van der Waals surface area contributed by atoms with E-state index in [1.54, 1.807) is 24.6 Å². The third kappa shape index (κ3) is 3.69. The highest BCUT2D eigenvalue weighted by Gasteiger charge is 2.12. The van der Waals surface area contributed by atoms with Gasteiger partial charge in [0.15, 0.2) is 0 Å². The molecular formula is C12H16BrN3O2. The van der Waals surface area contributed by atoms with Crippen LogP contribution >= 0.6 is 15.9 Å². The second kappa shape index (κ2) is 6.17. The Labute approximate surface area is 114 Å². The predicted octanol–water partition coefficient (Wildman–Crippen LogP) is 1.95. The molecule has 0 aliphatic rings. The van der Waals surface area contributed by atoms with Crippen LogP contribution in [0.25, 0.3) is 0 Å². The lowest BCUT2D eigenvalue weighted by Gasteiger charge is -2.16. The van der Waals surface area contributed by atoms with Crippen LogP contribution in [-0.4, -0.2) is 27.5 Å². The molecule has 0 saturated heterocycles. The fraction of sp³-hybridized carbons (Fsp3) is 0.417. The van der Waals surface area contributed by atoms with Crippen molar-refractivity contribution in [1.82, 2.24) is 15.1 Å². The Morgan fingerprint density at radius 3 is 3.06 bits per heavy atom. The van der Waals surface area contributed by atoms with E-state index in [1.807, 2.05) is 17.8 Å². The van der Waals surface area contributed by atoms with Gasteiger partial charge in [-0.2, -0.15) is 5.10 Å². The minimum Gasteiger partial charge on any atom is -0.467 e. The summed E-state index contributed by atoms with van der Waals surface area (Å²) < 4.78 is 7.95. The zero-order chi connectivity index (χ0) is 13.0. The van der Waals surface area contributed by atoms with E-state index < -0.39 is 6.10 Å². The number of hydrogen-bond acceptors (Lipinski definition) is 4. The average molecular weight is 314 g/mol. The van der Waals surface area contributed by atoms with E-state index in [0.29, 0.717) is 12.3 Å². The standard InChI is InChI=1S/C12H16BrN3O2/c1-9(7-16-8-10(13)5-15-16)14-6-11(17)12-3-2-4-18-12/h2-5,8-9,11,14,17H,6-7H2,1H3. The Morgan fingerprint density at radius 2 is 2.44 bits per heavy atom. The number of aromatic nitrogens is 2. The number of aliphatic hydroxyl groups is 1. The molecule has 0 amide bonds. The largest absolute Gasteiger partial charge is 0.467 e. The van der Waals surface area contributed by atoms with E-state index in [9.17, 15) is 5.11 Å². The molecule has 98 valence electrons. The van der Waals surface area contributed by atoms with E-state index in [2.05, 4.69) is 26.3 Å². The molecule has 0 aromatic carbocycles. The first kappa shape index (κ1) is 13.3. The number of halogens is 1. The number of rotatable bonds is 6. The smallest absolute Gasteiger partial charge is 0.133 e. The molecule has 5 nitrogen and oxygen atoms in total. The lowest BCUT2D eigenvalue weighted by Crippen LogP contribution is -2.33. The van der Waals surface area contributed by atoms with E-state index >= 15 is 0 Å². The van der Waals surface area contributed by atoms with Crippen LogP contribution in [-0.2, 0) is 6.54 Å². The number of furan rings is 1. The summed E-state index contributed by atoms with van der Waals surface area (Å²) in [5, 5.41) is 17.3. The highest BCUT2D eigenvalue weighted by Crippen LogP contribution is 2.12.